The number of nitrogens with zero attached hydrogens (tertiary/aromatic N) is 1. The molecule has 0 bridgehead atoms. The average Bonchev–Trinajstić information content (AvgIpc) is 3.21. The van der Waals surface area contributed by atoms with E-state index < -0.39 is 0 Å². The molecule has 1 amide bonds. The van der Waals surface area contributed by atoms with Gasteiger partial charge < -0.3 is 4.90 Å². The Morgan fingerprint density at radius 1 is 0.840 bits per heavy atom. The van der Waals surface area contributed by atoms with Crippen LogP contribution in [0.3, 0.4) is 0 Å². The second kappa shape index (κ2) is 6.65. The summed E-state index contributed by atoms with van der Waals surface area (Å²) in [5, 5.41) is 1.87. The molecule has 1 aliphatic heterocycles. The molecular formula is C21H17NO2S. The van der Waals surface area contributed by atoms with Crippen LogP contribution >= 0.6 is 11.3 Å². The number of ketones is 1. The quantitative estimate of drug-likeness (QED) is 0.667. The lowest BCUT2D eigenvalue weighted by molar-refractivity contribution is 0.0731. The summed E-state index contributed by atoms with van der Waals surface area (Å²) in [6.07, 6.45) is 0.850. The Bertz CT molecular complexity index is 931. The van der Waals surface area contributed by atoms with Gasteiger partial charge in [-0.3, -0.25) is 9.59 Å². The molecule has 0 radical (unpaired) electrons. The van der Waals surface area contributed by atoms with Crippen LogP contribution in [0, 0.1) is 0 Å². The van der Waals surface area contributed by atoms with Crippen LogP contribution in [-0.2, 0) is 13.0 Å². The van der Waals surface area contributed by atoms with Crippen LogP contribution in [0.25, 0.3) is 0 Å². The van der Waals surface area contributed by atoms with Gasteiger partial charge in [0, 0.05) is 18.7 Å². The first-order valence-electron chi connectivity index (χ1n) is 8.27. The van der Waals surface area contributed by atoms with Crippen molar-refractivity contribution in [2.75, 3.05) is 6.54 Å². The van der Waals surface area contributed by atoms with Crippen LogP contribution in [0.15, 0.2) is 66.0 Å². The topological polar surface area (TPSA) is 37.4 Å². The molecule has 2 heterocycles. The Morgan fingerprint density at radius 2 is 1.56 bits per heavy atom. The smallest absolute Gasteiger partial charge is 0.254 e. The minimum absolute atomic E-state index is 0.0741. The molecule has 4 heteroatoms. The second-order valence-electron chi connectivity index (χ2n) is 6.10. The molecule has 0 N–H and O–H groups in total. The highest BCUT2D eigenvalue weighted by Gasteiger charge is 2.25. The SMILES string of the molecule is O=C(c1cccs1)c1ccccc1C(=O)N1CCc2ccccc2C1. The summed E-state index contributed by atoms with van der Waals surface area (Å²) in [7, 11) is 0. The minimum atomic E-state index is -0.0867. The normalized spacial score (nSPS) is 13.4. The summed E-state index contributed by atoms with van der Waals surface area (Å²) in [4.78, 5) is 28.3. The van der Waals surface area contributed by atoms with Gasteiger partial charge in [-0.1, -0.05) is 48.5 Å². The number of hydrogen-bond acceptors (Lipinski definition) is 3. The molecule has 0 saturated carbocycles. The monoisotopic (exact) mass is 347 g/mol. The molecular weight excluding hydrogens is 330 g/mol. The van der Waals surface area contributed by atoms with Crippen molar-refractivity contribution in [1.29, 1.82) is 0 Å². The number of rotatable bonds is 3. The molecule has 1 aromatic heterocycles. The Labute approximate surface area is 150 Å². The Balaban J connectivity index is 1.65. The van der Waals surface area contributed by atoms with Gasteiger partial charge >= 0.3 is 0 Å². The van der Waals surface area contributed by atoms with Gasteiger partial charge in [-0.15, -0.1) is 11.3 Å². The maximum atomic E-state index is 13.1. The molecule has 0 aliphatic carbocycles. The molecule has 4 rings (SSSR count). The summed E-state index contributed by atoms with van der Waals surface area (Å²) < 4.78 is 0. The second-order valence-corrected chi connectivity index (χ2v) is 7.05. The van der Waals surface area contributed by atoms with Crippen molar-refractivity contribution in [3.8, 4) is 0 Å². The van der Waals surface area contributed by atoms with Crippen LogP contribution < -0.4 is 0 Å². The van der Waals surface area contributed by atoms with E-state index in [-0.39, 0.29) is 11.7 Å². The van der Waals surface area contributed by atoms with Crippen molar-refractivity contribution in [1.82, 2.24) is 4.90 Å². The minimum Gasteiger partial charge on any atom is -0.334 e. The van der Waals surface area contributed by atoms with E-state index in [0.29, 0.717) is 29.1 Å². The lowest BCUT2D eigenvalue weighted by atomic mass is 9.97. The van der Waals surface area contributed by atoms with Gasteiger partial charge in [-0.25, -0.2) is 0 Å². The van der Waals surface area contributed by atoms with Crippen LogP contribution in [0.2, 0.25) is 0 Å². The van der Waals surface area contributed by atoms with Crippen LogP contribution in [0.5, 0.6) is 0 Å². The number of carbonyl (C=O) groups excluding carboxylic acids is 2. The lowest BCUT2D eigenvalue weighted by Crippen LogP contribution is -2.36. The van der Waals surface area contributed by atoms with Crippen LogP contribution in [0.1, 0.15) is 36.7 Å². The molecule has 2 aromatic carbocycles. The van der Waals surface area contributed by atoms with Gasteiger partial charge in [-0.05, 0) is 35.1 Å². The van der Waals surface area contributed by atoms with E-state index in [2.05, 4.69) is 12.1 Å². The van der Waals surface area contributed by atoms with Crippen molar-refractivity contribution in [2.24, 2.45) is 0 Å². The zero-order chi connectivity index (χ0) is 17.2. The molecule has 0 spiro atoms. The van der Waals surface area contributed by atoms with Gasteiger partial charge in [0.05, 0.1) is 10.4 Å². The first-order chi connectivity index (χ1) is 12.2. The van der Waals surface area contributed by atoms with E-state index in [1.54, 1.807) is 18.2 Å². The van der Waals surface area contributed by atoms with E-state index >= 15 is 0 Å². The van der Waals surface area contributed by atoms with Crippen molar-refractivity contribution in [3.63, 3.8) is 0 Å². The summed E-state index contributed by atoms with van der Waals surface area (Å²) in [6.45, 7) is 1.27. The van der Waals surface area contributed by atoms with Gasteiger partial charge in [0.2, 0.25) is 5.78 Å². The zero-order valence-electron chi connectivity index (χ0n) is 13.6. The van der Waals surface area contributed by atoms with Gasteiger partial charge in [-0.2, -0.15) is 0 Å². The van der Waals surface area contributed by atoms with Crippen molar-refractivity contribution in [2.45, 2.75) is 13.0 Å². The number of hydrogen-bond donors (Lipinski definition) is 0. The third kappa shape index (κ3) is 3.01. The fourth-order valence-corrected chi connectivity index (χ4v) is 3.93. The predicted molar refractivity (Wildman–Crippen MR) is 99.1 cm³/mol. The highest BCUT2D eigenvalue weighted by Crippen LogP contribution is 2.23. The molecule has 1 aliphatic rings. The molecule has 3 nitrogen and oxygen atoms in total. The number of carbonyl (C=O) groups is 2. The van der Waals surface area contributed by atoms with Gasteiger partial charge in [0.15, 0.2) is 0 Å². The van der Waals surface area contributed by atoms with Crippen LogP contribution in [-0.4, -0.2) is 23.1 Å². The first kappa shape index (κ1) is 15.8. The van der Waals surface area contributed by atoms with E-state index in [9.17, 15) is 9.59 Å². The van der Waals surface area contributed by atoms with Gasteiger partial charge in [0.1, 0.15) is 0 Å². The standard InChI is InChI=1S/C21H17NO2S/c23-20(19-10-5-13-25-19)17-8-3-4-9-18(17)21(24)22-12-11-15-6-1-2-7-16(15)14-22/h1-10,13H,11-12,14H2. The Kier molecular flexibility index (Phi) is 4.20. The van der Waals surface area contributed by atoms with E-state index in [0.717, 1.165) is 6.42 Å². The average molecular weight is 347 g/mol. The van der Waals surface area contributed by atoms with Crippen molar-refractivity contribution >= 4 is 23.0 Å². The summed E-state index contributed by atoms with van der Waals surface area (Å²) in [6, 6.07) is 19.0. The molecule has 25 heavy (non-hydrogen) atoms. The molecule has 3 aromatic rings. The third-order valence-corrected chi connectivity index (χ3v) is 5.43. The fraction of sp³-hybridized carbons (Fsp3) is 0.143. The molecule has 0 unspecified atom stereocenters. The van der Waals surface area contributed by atoms with Crippen LogP contribution in [0.4, 0.5) is 0 Å². The highest BCUT2D eigenvalue weighted by molar-refractivity contribution is 7.12. The largest absolute Gasteiger partial charge is 0.334 e. The number of benzene rings is 2. The first-order valence-corrected chi connectivity index (χ1v) is 9.15. The molecule has 0 saturated heterocycles. The number of fused-ring (bicyclic) bond motifs is 1. The fourth-order valence-electron chi connectivity index (χ4n) is 3.25. The van der Waals surface area contributed by atoms with E-state index in [4.69, 9.17) is 0 Å². The molecule has 124 valence electrons. The maximum absolute atomic E-state index is 13.1. The summed E-state index contributed by atoms with van der Waals surface area (Å²) in [5.74, 6) is -0.161. The zero-order valence-corrected chi connectivity index (χ0v) is 14.5. The third-order valence-electron chi connectivity index (χ3n) is 4.56. The number of amides is 1. The molecule has 0 atom stereocenters. The highest BCUT2D eigenvalue weighted by atomic mass is 32.1. The van der Waals surface area contributed by atoms with Crippen molar-refractivity contribution in [3.05, 3.63) is 93.2 Å². The van der Waals surface area contributed by atoms with E-state index in [1.807, 2.05) is 40.6 Å². The lowest BCUT2D eigenvalue weighted by Gasteiger charge is -2.29. The Morgan fingerprint density at radius 3 is 2.32 bits per heavy atom. The van der Waals surface area contributed by atoms with Gasteiger partial charge in [0.25, 0.3) is 5.91 Å². The molecule has 0 fully saturated rings. The summed E-state index contributed by atoms with van der Waals surface area (Å²) >= 11 is 1.40. The summed E-state index contributed by atoms with van der Waals surface area (Å²) in [5.41, 5.74) is 3.45. The Hall–Kier alpha value is -2.72. The number of thiophene rings is 1. The predicted octanol–water partition coefficient (Wildman–Crippen LogP) is 4.18. The van der Waals surface area contributed by atoms with E-state index in [1.165, 1.54) is 22.5 Å². The van der Waals surface area contributed by atoms with Crippen molar-refractivity contribution < 1.29 is 9.59 Å². The maximum Gasteiger partial charge on any atom is 0.254 e.